The lowest BCUT2D eigenvalue weighted by atomic mass is 9.92. The summed E-state index contributed by atoms with van der Waals surface area (Å²) >= 11 is 2.41. The smallest absolute Gasteiger partial charge is 0.0621 e. The van der Waals surface area contributed by atoms with Gasteiger partial charge in [0.2, 0.25) is 0 Å². The standard InChI is InChI=1S/C9H12IN/c10-9-6-2-1-4-8(9)5-3-7-11/h6,8H,1-5H2/t8-/m0/s1. The van der Waals surface area contributed by atoms with Crippen LogP contribution in [0.1, 0.15) is 32.1 Å². The van der Waals surface area contributed by atoms with Crippen molar-refractivity contribution in [3.8, 4) is 6.07 Å². The van der Waals surface area contributed by atoms with Gasteiger partial charge in [0.05, 0.1) is 6.07 Å². The third-order valence-corrected chi connectivity index (χ3v) is 3.41. The molecule has 1 aliphatic carbocycles. The first-order chi connectivity index (χ1) is 5.34. The summed E-state index contributed by atoms with van der Waals surface area (Å²) in [6.07, 6.45) is 7.92. The largest absolute Gasteiger partial charge is 0.198 e. The molecule has 0 aromatic heterocycles. The number of rotatable bonds is 2. The van der Waals surface area contributed by atoms with E-state index in [9.17, 15) is 0 Å². The molecule has 0 N–H and O–H groups in total. The minimum atomic E-state index is 0.698. The average Bonchev–Trinajstić information content (AvgIpc) is 2.03. The van der Waals surface area contributed by atoms with Crippen molar-refractivity contribution in [2.24, 2.45) is 5.92 Å². The highest BCUT2D eigenvalue weighted by Crippen LogP contribution is 2.32. The Hall–Kier alpha value is -0.0400. The molecule has 0 saturated carbocycles. The molecule has 0 aromatic rings. The van der Waals surface area contributed by atoms with Crippen LogP contribution in [0.15, 0.2) is 9.66 Å². The SMILES string of the molecule is N#CCC[C@@H]1CCCC=C1I. The molecule has 0 spiro atoms. The topological polar surface area (TPSA) is 23.8 Å². The molecule has 0 aliphatic heterocycles. The molecular weight excluding hydrogens is 249 g/mol. The van der Waals surface area contributed by atoms with Gasteiger partial charge in [0.15, 0.2) is 0 Å². The maximum Gasteiger partial charge on any atom is 0.0621 e. The number of halogens is 1. The van der Waals surface area contributed by atoms with Crippen LogP contribution < -0.4 is 0 Å². The van der Waals surface area contributed by atoms with E-state index < -0.39 is 0 Å². The second-order valence-electron chi connectivity index (χ2n) is 2.91. The summed E-state index contributed by atoms with van der Waals surface area (Å²) in [5, 5.41) is 8.41. The summed E-state index contributed by atoms with van der Waals surface area (Å²) in [6, 6.07) is 2.20. The van der Waals surface area contributed by atoms with Crippen molar-refractivity contribution in [3.05, 3.63) is 9.66 Å². The van der Waals surface area contributed by atoms with Gasteiger partial charge in [-0.2, -0.15) is 5.26 Å². The summed E-state index contributed by atoms with van der Waals surface area (Å²) in [7, 11) is 0. The van der Waals surface area contributed by atoms with E-state index in [1.165, 1.54) is 22.8 Å². The molecule has 0 fully saturated rings. The van der Waals surface area contributed by atoms with Gasteiger partial charge >= 0.3 is 0 Å². The van der Waals surface area contributed by atoms with Crippen molar-refractivity contribution in [2.45, 2.75) is 32.1 Å². The second-order valence-corrected chi connectivity index (χ2v) is 4.16. The number of nitrogens with zero attached hydrogens (tertiary/aromatic N) is 1. The molecule has 0 amide bonds. The third-order valence-electron chi connectivity index (χ3n) is 2.09. The predicted molar refractivity (Wildman–Crippen MR) is 54.3 cm³/mol. The molecule has 1 nitrogen and oxygen atoms in total. The van der Waals surface area contributed by atoms with Gasteiger partial charge in [0.25, 0.3) is 0 Å². The van der Waals surface area contributed by atoms with Crippen LogP contribution >= 0.6 is 22.6 Å². The molecule has 60 valence electrons. The fourth-order valence-corrected chi connectivity index (χ4v) is 2.36. The molecule has 11 heavy (non-hydrogen) atoms. The molecule has 0 heterocycles. The van der Waals surface area contributed by atoms with E-state index >= 15 is 0 Å². The summed E-state index contributed by atoms with van der Waals surface area (Å²) in [6.45, 7) is 0. The van der Waals surface area contributed by atoms with Gasteiger partial charge in [-0.1, -0.05) is 6.08 Å². The first kappa shape index (κ1) is 9.05. The molecule has 0 aromatic carbocycles. The van der Waals surface area contributed by atoms with E-state index in [2.05, 4.69) is 34.7 Å². The van der Waals surface area contributed by atoms with E-state index in [-0.39, 0.29) is 0 Å². The number of nitriles is 1. The minimum absolute atomic E-state index is 0.698. The van der Waals surface area contributed by atoms with Crippen LogP contribution in [0, 0.1) is 17.2 Å². The number of hydrogen-bond donors (Lipinski definition) is 0. The highest BCUT2D eigenvalue weighted by atomic mass is 127. The van der Waals surface area contributed by atoms with Gasteiger partial charge in [-0.15, -0.1) is 0 Å². The summed E-state index contributed by atoms with van der Waals surface area (Å²) in [4.78, 5) is 0. The van der Waals surface area contributed by atoms with Gasteiger partial charge in [0, 0.05) is 6.42 Å². The van der Waals surface area contributed by atoms with Gasteiger partial charge in [0.1, 0.15) is 0 Å². The van der Waals surface area contributed by atoms with Crippen LogP contribution in [0.2, 0.25) is 0 Å². The highest BCUT2D eigenvalue weighted by molar-refractivity contribution is 14.1. The van der Waals surface area contributed by atoms with Crippen molar-refractivity contribution in [1.82, 2.24) is 0 Å². The van der Waals surface area contributed by atoms with E-state index in [0.29, 0.717) is 12.3 Å². The monoisotopic (exact) mass is 261 g/mol. The third kappa shape index (κ3) is 2.82. The first-order valence-corrected chi connectivity index (χ1v) is 5.15. The molecule has 1 rings (SSSR count). The zero-order valence-electron chi connectivity index (χ0n) is 6.52. The Balaban J connectivity index is 2.38. The lowest BCUT2D eigenvalue weighted by molar-refractivity contribution is 0.508. The van der Waals surface area contributed by atoms with Crippen molar-refractivity contribution in [1.29, 1.82) is 5.26 Å². The Bertz CT molecular complexity index is 190. The summed E-state index contributed by atoms with van der Waals surface area (Å²) in [5.41, 5.74) is 0. The van der Waals surface area contributed by atoms with Gasteiger partial charge in [-0.3, -0.25) is 0 Å². The van der Waals surface area contributed by atoms with E-state index in [1.54, 1.807) is 0 Å². The Morgan fingerprint density at radius 3 is 3.18 bits per heavy atom. The van der Waals surface area contributed by atoms with Gasteiger partial charge in [-0.05, 0) is 57.8 Å². The zero-order chi connectivity index (χ0) is 8.10. The fraction of sp³-hybridized carbons (Fsp3) is 0.667. The van der Waals surface area contributed by atoms with E-state index in [4.69, 9.17) is 5.26 Å². The molecule has 0 radical (unpaired) electrons. The molecule has 0 bridgehead atoms. The van der Waals surface area contributed by atoms with Crippen LogP contribution in [0.3, 0.4) is 0 Å². The average molecular weight is 261 g/mol. The summed E-state index contributed by atoms with van der Waals surface area (Å²) < 4.78 is 1.48. The van der Waals surface area contributed by atoms with Crippen LogP contribution in [0.4, 0.5) is 0 Å². The van der Waals surface area contributed by atoms with Crippen LogP contribution in [0.5, 0.6) is 0 Å². The van der Waals surface area contributed by atoms with E-state index in [0.717, 1.165) is 6.42 Å². The molecular formula is C9H12IN. The Kier molecular flexibility index (Phi) is 3.92. The Labute approximate surface area is 81.6 Å². The maximum atomic E-state index is 8.41. The Morgan fingerprint density at radius 1 is 1.73 bits per heavy atom. The quantitative estimate of drug-likeness (QED) is 0.699. The van der Waals surface area contributed by atoms with Crippen molar-refractivity contribution < 1.29 is 0 Å². The van der Waals surface area contributed by atoms with Gasteiger partial charge in [-0.25, -0.2) is 0 Å². The molecule has 0 unspecified atom stereocenters. The summed E-state index contributed by atoms with van der Waals surface area (Å²) in [5.74, 6) is 0.698. The molecule has 1 aliphatic rings. The molecule has 2 heteroatoms. The molecule has 0 saturated heterocycles. The second kappa shape index (κ2) is 4.76. The predicted octanol–water partition coefficient (Wildman–Crippen LogP) is 3.41. The van der Waals surface area contributed by atoms with Crippen molar-refractivity contribution >= 4 is 22.6 Å². The van der Waals surface area contributed by atoms with Crippen LogP contribution in [-0.2, 0) is 0 Å². The zero-order valence-corrected chi connectivity index (χ0v) is 8.67. The van der Waals surface area contributed by atoms with Crippen LogP contribution in [0.25, 0.3) is 0 Å². The lowest BCUT2D eigenvalue weighted by Gasteiger charge is -2.18. The lowest BCUT2D eigenvalue weighted by Crippen LogP contribution is -2.03. The first-order valence-electron chi connectivity index (χ1n) is 4.07. The maximum absolute atomic E-state index is 8.41. The Morgan fingerprint density at radius 2 is 2.55 bits per heavy atom. The van der Waals surface area contributed by atoms with Crippen molar-refractivity contribution in [3.63, 3.8) is 0 Å². The van der Waals surface area contributed by atoms with Crippen LogP contribution in [-0.4, -0.2) is 0 Å². The number of allylic oxidation sites excluding steroid dienone is 2. The normalized spacial score (nSPS) is 24.0. The highest BCUT2D eigenvalue weighted by Gasteiger charge is 2.14. The van der Waals surface area contributed by atoms with E-state index in [1.807, 2.05) is 0 Å². The van der Waals surface area contributed by atoms with Gasteiger partial charge < -0.3 is 0 Å². The number of hydrogen-bond acceptors (Lipinski definition) is 1. The van der Waals surface area contributed by atoms with Crippen molar-refractivity contribution in [2.75, 3.05) is 0 Å². The fourth-order valence-electron chi connectivity index (χ4n) is 1.43. The molecule has 1 atom stereocenters. The minimum Gasteiger partial charge on any atom is -0.198 e.